The maximum absolute atomic E-state index is 5.60. The Kier molecular flexibility index (Phi) is 1.93. The van der Waals surface area contributed by atoms with E-state index in [9.17, 15) is 0 Å². The van der Waals surface area contributed by atoms with Gasteiger partial charge in [-0.3, -0.25) is 0 Å². The highest BCUT2D eigenvalue weighted by Crippen LogP contribution is 2.30. The Balaban J connectivity index is 2.78. The molecule has 0 spiro atoms. The normalized spacial score (nSPS) is 10.8. The molecular formula is C10H9BrO. The molecule has 2 rings (SSSR count). The van der Waals surface area contributed by atoms with E-state index < -0.39 is 0 Å². The summed E-state index contributed by atoms with van der Waals surface area (Å²) in [5.41, 5.74) is 0.959. The molecule has 0 aliphatic rings. The first-order valence-electron chi connectivity index (χ1n) is 3.99. The molecule has 0 atom stereocenters. The van der Waals surface area contributed by atoms with Gasteiger partial charge in [0.05, 0.1) is 4.47 Å². The second-order valence-electron chi connectivity index (χ2n) is 2.69. The lowest BCUT2D eigenvalue weighted by Gasteiger charge is -1.86. The van der Waals surface area contributed by atoms with Crippen LogP contribution in [0, 0.1) is 0 Å². The van der Waals surface area contributed by atoms with Crippen LogP contribution in [0.4, 0.5) is 0 Å². The van der Waals surface area contributed by atoms with E-state index in [0.29, 0.717) is 0 Å². The summed E-state index contributed by atoms with van der Waals surface area (Å²) in [7, 11) is 0. The molecule has 0 radical (unpaired) electrons. The van der Waals surface area contributed by atoms with Crippen molar-refractivity contribution in [3.05, 3.63) is 34.5 Å². The molecule has 1 heterocycles. The van der Waals surface area contributed by atoms with Crippen molar-refractivity contribution in [2.45, 2.75) is 13.3 Å². The number of benzene rings is 1. The molecule has 0 amide bonds. The predicted molar refractivity (Wildman–Crippen MR) is 53.3 cm³/mol. The van der Waals surface area contributed by atoms with Crippen LogP contribution < -0.4 is 0 Å². The van der Waals surface area contributed by atoms with Crippen molar-refractivity contribution in [3.63, 3.8) is 0 Å². The third-order valence-corrected chi connectivity index (χ3v) is 2.79. The summed E-state index contributed by atoms with van der Waals surface area (Å²) in [6, 6.07) is 8.04. The van der Waals surface area contributed by atoms with Crippen LogP contribution in [0.15, 0.2) is 33.2 Å². The van der Waals surface area contributed by atoms with Gasteiger partial charge in [0, 0.05) is 11.8 Å². The minimum atomic E-state index is 0.926. The fraction of sp³-hybridized carbons (Fsp3) is 0.200. The van der Waals surface area contributed by atoms with Crippen LogP contribution in [0.5, 0.6) is 0 Å². The van der Waals surface area contributed by atoms with Crippen molar-refractivity contribution in [3.8, 4) is 0 Å². The van der Waals surface area contributed by atoms with Crippen molar-refractivity contribution in [2.24, 2.45) is 0 Å². The Labute approximate surface area is 79.5 Å². The zero-order chi connectivity index (χ0) is 8.55. The highest BCUT2D eigenvalue weighted by Gasteiger charge is 2.08. The van der Waals surface area contributed by atoms with E-state index in [1.165, 1.54) is 0 Å². The van der Waals surface area contributed by atoms with E-state index in [2.05, 4.69) is 28.9 Å². The highest BCUT2D eigenvalue weighted by atomic mass is 79.9. The minimum Gasteiger partial charge on any atom is -0.460 e. The Bertz CT molecular complexity index is 403. The Hall–Kier alpha value is -0.760. The van der Waals surface area contributed by atoms with Gasteiger partial charge in [-0.05, 0) is 28.1 Å². The molecule has 0 unspecified atom stereocenters. The summed E-state index contributed by atoms with van der Waals surface area (Å²) in [6.45, 7) is 2.09. The summed E-state index contributed by atoms with van der Waals surface area (Å²) in [5.74, 6) is 1.02. The largest absolute Gasteiger partial charge is 0.460 e. The number of fused-ring (bicyclic) bond motifs is 1. The number of para-hydroxylation sites is 1. The molecule has 0 saturated heterocycles. The van der Waals surface area contributed by atoms with E-state index >= 15 is 0 Å². The van der Waals surface area contributed by atoms with E-state index in [4.69, 9.17) is 4.42 Å². The van der Waals surface area contributed by atoms with Gasteiger partial charge in [-0.1, -0.05) is 19.1 Å². The molecule has 0 aliphatic heterocycles. The molecular weight excluding hydrogens is 216 g/mol. The summed E-state index contributed by atoms with van der Waals surface area (Å²) in [5, 5.41) is 1.16. The molecule has 62 valence electrons. The number of furan rings is 1. The lowest BCUT2D eigenvalue weighted by atomic mass is 10.2. The van der Waals surface area contributed by atoms with Crippen molar-refractivity contribution < 1.29 is 4.42 Å². The van der Waals surface area contributed by atoms with E-state index in [-0.39, 0.29) is 0 Å². The third-order valence-electron chi connectivity index (χ3n) is 1.92. The molecule has 1 aromatic carbocycles. The predicted octanol–water partition coefficient (Wildman–Crippen LogP) is 3.76. The fourth-order valence-corrected chi connectivity index (χ4v) is 1.98. The highest BCUT2D eigenvalue weighted by molar-refractivity contribution is 9.10. The van der Waals surface area contributed by atoms with Crippen molar-refractivity contribution in [1.82, 2.24) is 0 Å². The van der Waals surface area contributed by atoms with Crippen LogP contribution in [-0.2, 0) is 6.42 Å². The quantitative estimate of drug-likeness (QED) is 0.720. The van der Waals surface area contributed by atoms with Gasteiger partial charge in [0.15, 0.2) is 0 Å². The van der Waals surface area contributed by atoms with Crippen LogP contribution in [0.25, 0.3) is 11.0 Å². The molecule has 1 aromatic heterocycles. The van der Waals surface area contributed by atoms with Gasteiger partial charge in [0.2, 0.25) is 0 Å². The molecule has 2 aromatic rings. The van der Waals surface area contributed by atoms with Gasteiger partial charge >= 0.3 is 0 Å². The van der Waals surface area contributed by atoms with Crippen LogP contribution in [0.2, 0.25) is 0 Å². The first kappa shape index (κ1) is 7.87. The van der Waals surface area contributed by atoms with Crippen LogP contribution in [0.1, 0.15) is 12.7 Å². The first-order chi connectivity index (χ1) is 5.83. The van der Waals surface area contributed by atoms with E-state index in [1.54, 1.807) is 0 Å². The van der Waals surface area contributed by atoms with Gasteiger partial charge in [0.1, 0.15) is 11.3 Å². The second-order valence-corrected chi connectivity index (χ2v) is 3.48. The molecule has 0 saturated carbocycles. The number of rotatable bonds is 1. The van der Waals surface area contributed by atoms with Gasteiger partial charge in [-0.15, -0.1) is 0 Å². The number of hydrogen-bond donors (Lipinski definition) is 0. The monoisotopic (exact) mass is 224 g/mol. The molecule has 1 nitrogen and oxygen atoms in total. The Morgan fingerprint density at radius 2 is 2.08 bits per heavy atom. The maximum Gasteiger partial charge on any atom is 0.135 e. The van der Waals surface area contributed by atoms with Gasteiger partial charge < -0.3 is 4.42 Å². The minimum absolute atomic E-state index is 0.926. The maximum atomic E-state index is 5.60. The van der Waals surface area contributed by atoms with Gasteiger partial charge in [-0.25, -0.2) is 0 Å². The third kappa shape index (κ3) is 1.07. The molecule has 2 heteroatoms. The molecule has 0 N–H and O–H groups in total. The summed E-state index contributed by atoms with van der Waals surface area (Å²) in [4.78, 5) is 0. The van der Waals surface area contributed by atoms with E-state index in [0.717, 1.165) is 27.6 Å². The number of halogens is 1. The Morgan fingerprint density at radius 1 is 1.33 bits per heavy atom. The van der Waals surface area contributed by atoms with Crippen LogP contribution in [-0.4, -0.2) is 0 Å². The lowest BCUT2D eigenvalue weighted by molar-refractivity contribution is 0.554. The standard InChI is InChI=1S/C10H9BrO/c1-2-8-10(11)7-5-3-4-6-9(7)12-8/h3-6H,2H2,1H3. The average Bonchev–Trinajstić information content (AvgIpc) is 2.44. The van der Waals surface area contributed by atoms with Crippen molar-refractivity contribution >= 4 is 26.9 Å². The van der Waals surface area contributed by atoms with Crippen molar-refractivity contribution in [2.75, 3.05) is 0 Å². The molecule has 0 fully saturated rings. The van der Waals surface area contributed by atoms with E-state index in [1.807, 2.05) is 18.2 Å². The summed E-state index contributed by atoms with van der Waals surface area (Å²) < 4.78 is 6.70. The zero-order valence-corrected chi connectivity index (χ0v) is 8.39. The molecule has 0 bridgehead atoms. The molecule has 0 aliphatic carbocycles. The number of hydrogen-bond acceptors (Lipinski definition) is 1. The summed E-state index contributed by atoms with van der Waals surface area (Å²) >= 11 is 3.52. The second kappa shape index (κ2) is 2.94. The topological polar surface area (TPSA) is 13.1 Å². The van der Waals surface area contributed by atoms with Crippen LogP contribution >= 0.6 is 15.9 Å². The number of aryl methyl sites for hydroxylation is 1. The van der Waals surface area contributed by atoms with Gasteiger partial charge in [-0.2, -0.15) is 0 Å². The SMILES string of the molecule is CCc1oc2ccccc2c1Br. The average molecular weight is 225 g/mol. The molecule has 12 heavy (non-hydrogen) atoms. The lowest BCUT2D eigenvalue weighted by Crippen LogP contribution is -1.72. The fourth-order valence-electron chi connectivity index (χ4n) is 1.29. The zero-order valence-electron chi connectivity index (χ0n) is 6.80. The van der Waals surface area contributed by atoms with Crippen molar-refractivity contribution in [1.29, 1.82) is 0 Å². The van der Waals surface area contributed by atoms with Gasteiger partial charge in [0.25, 0.3) is 0 Å². The summed E-state index contributed by atoms with van der Waals surface area (Å²) in [6.07, 6.45) is 0.926. The first-order valence-corrected chi connectivity index (χ1v) is 4.78. The Morgan fingerprint density at radius 3 is 2.75 bits per heavy atom. The smallest absolute Gasteiger partial charge is 0.135 e. The van der Waals surface area contributed by atoms with Crippen LogP contribution in [0.3, 0.4) is 0 Å².